The van der Waals surface area contributed by atoms with Crippen LogP contribution in [0.25, 0.3) is 0 Å². The van der Waals surface area contributed by atoms with Gasteiger partial charge in [0.05, 0.1) is 0 Å². The van der Waals surface area contributed by atoms with Crippen molar-refractivity contribution in [1.29, 1.82) is 0 Å². The SMILES string of the molecule is CC(C)CN(CC(C)C)C(=S)[S-].CC(C)CN(CC(C)C)C(=S)[S-].CC(C)CN(CC(C)C)C(=S)[S-].[Fe+3]. The first-order valence-corrected chi connectivity index (χ1v) is 15.6. The molecule has 37 heavy (non-hydrogen) atoms. The van der Waals surface area contributed by atoms with Gasteiger partial charge in [0.25, 0.3) is 0 Å². The predicted octanol–water partition coefficient (Wildman–Crippen LogP) is 7.29. The van der Waals surface area contributed by atoms with Gasteiger partial charge in [-0.3, -0.25) is 0 Å². The fourth-order valence-electron chi connectivity index (χ4n) is 3.32. The van der Waals surface area contributed by atoms with Gasteiger partial charge in [0.1, 0.15) is 0 Å². The maximum Gasteiger partial charge on any atom is 3.00 e. The molecule has 0 aliphatic rings. The van der Waals surface area contributed by atoms with Gasteiger partial charge >= 0.3 is 17.1 Å². The van der Waals surface area contributed by atoms with Crippen molar-refractivity contribution in [3.05, 3.63) is 0 Å². The maximum absolute atomic E-state index is 4.99. The molecule has 221 valence electrons. The summed E-state index contributed by atoms with van der Waals surface area (Å²) in [5, 5.41) is 0. The Kier molecular flexibility index (Phi) is 31.3. The van der Waals surface area contributed by atoms with Gasteiger partial charge in [-0.15, -0.1) is 0 Å². The van der Waals surface area contributed by atoms with Crippen molar-refractivity contribution in [2.24, 2.45) is 35.5 Å². The van der Waals surface area contributed by atoms with Gasteiger partial charge in [-0.1, -0.05) is 96.0 Å². The molecule has 0 rings (SSSR count). The Hall–Kier alpha value is 0.849. The second-order valence-corrected chi connectivity index (χ2v) is 15.0. The fourth-order valence-corrected chi connectivity index (χ4v) is 4.21. The van der Waals surface area contributed by atoms with E-state index in [2.05, 4.69) is 97.8 Å². The van der Waals surface area contributed by atoms with Crippen LogP contribution in [0, 0.1) is 35.5 Å². The minimum absolute atomic E-state index is 0. The molecule has 0 saturated carbocycles. The van der Waals surface area contributed by atoms with Crippen LogP contribution in [0.4, 0.5) is 0 Å². The Morgan fingerprint density at radius 3 is 0.568 bits per heavy atom. The van der Waals surface area contributed by atoms with Crippen LogP contribution in [0.2, 0.25) is 0 Å². The summed E-state index contributed by atoms with van der Waals surface area (Å²) in [6.07, 6.45) is 0. The van der Waals surface area contributed by atoms with Crippen LogP contribution in [-0.2, 0) is 55.0 Å². The average Bonchev–Trinajstić information content (AvgIpc) is 2.65. The summed E-state index contributed by atoms with van der Waals surface area (Å²) in [4.78, 5) is 6.33. The van der Waals surface area contributed by atoms with E-state index in [0.29, 0.717) is 48.5 Å². The first-order valence-electron chi connectivity index (χ1n) is 13.2. The van der Waals surface area contributed by atoms with Gasteiger partial charge in [-0.25, -0.2) is 0 Å². The molecule has 3 nitrogen and oxygen atoms in total. The summed E-state index contributed by atoms with van der Waals surface area (Å²) < 4.78 is 1.83. The van der Waals surface area contributed by atoms with E-state index in [1.165, 1.54) is 0 Å². The second kappa shape index (κ2) is 25.8. The van der Waals surface area contributed by atoms with E-state index in [1.54, 1.807) is 0 Å². The van der Waals surface area contributed by atoms with E-state index in [4.69, 9.17) is 74.5 Å². The number of nitrogens with zero attached hydrogens (tertiary/aromatic N) is 3. The fraction of sp³-hybridized carbons (Fsp3) is 0.889. The van der Waals surface area contributed by atoms with Crippen LogP contribution in [0.15, 0.2) is 0 Å². The summed E-state index contributed by atoms with van der Waals surface area (Å²) in [7, 11) is 0. The first kappa shape index (κ1) is 44.9. The summed E-state index contributed by atoms with van der Waals surface area (Å²) in [6, 6.07) is 0. The van der Waals surface area contributed by atoms with Crippen molar-refractivity contribution in [2.75, 3.05) is 39.3 Å². The summed E-state index contributed by atoms with van der Waals surface area (Å²) in [5.41, 5.74) is 0. The quantitative estimate of drug-likeness (QED) is 0.119. The molecule has 0 bridgehead atoms. The average molecular weight is 669 g/mol. The third kappa shape index (κ3) is 33.0. The molecule has 0 aromatic rings. The van der Waals surface area contributed by atoms with Crippen LogP contribution >= 0.6 is 36.7 Å². The Morgan fingerprint density at radius 2 is 0.514 bits per heavy atom. The van der Waals surface area contributed by atoms with Crippen molar-refractivity contribution in [1.82, 2.24) is 14.7 Å². The number of hydrogen-bond acceptors (Lipinski definition) is 6. The van der Waals surface area contributed by atoms with E-state index in [9.17, 15) is 0 Å². The summed E-state index contributed by atoms with van der Waals surface area (Å²) >= 11 is 30.0. The monoisotopic (exact) mass is 668 g/mol. The van der Waals surface area contributed by atoms with Gasteiger partial charge in [0.15, 0.2) is 0 Å². The molecular formula is C27H54FeN3S6. The van der Waals surface area contributed by atoms with Crippen LogP contribution in [0.5, 0.6) is 0 Å². The van der Waals surface area contributed by atoms with Gasteiger partial charge in [0, 0.05) is 39.3 Å². The zero-order valence-electron chi connectivity index (χ0n) is 25.4. The van der Waals surface area contributed by atoms with Crippen molar-refractivity contribution < 1.29 is 17.1 Å². The Balaban J connectivity index is -0.000000218. The standard InChI is InChI=1S/3C9H19NS2.Fe/c3*1-7(2)5-10(9(11)12)6-8(3)4;/h3*7-8H,5-6H2,1-4H3,(H,11,12);/q;;;+3/p-3. The van der Waals surface area contributed by atoms with Gasteiger partial charge in [-0.2, -0.15) is 0 Å². The topological polar surface area (TPSA) is 9.72 Å². The minimum atomic E-state index is 0. The minimum Gasteiger partial charge on any atom is -0.411 e. The van der Waals surface area contributed by atoms with Crippen LogP contribution < -0.4 is 0 Å². The molecule has 0 atom stereocenters. The molecule has 0 unspecified atom stereocenters. The van der Waals surface area contributed by atoms with E-state index in [-0.39, 0.29) is 17.1 Å². The molecule has 0 fully saturated rings. The predicted molar refractivity (Wildman–Crippen MR) is 184 cm³/mol. The Bertz CT molecular complexity index is 488. The molecule has 1 radical (unpaired) electrons. The van der Waals surface area contributed by atoms with E-state index in [1.807, 2.05) is 0 Å². The van der Waals surface area contributed by atoms with E-state index < -0.39 is 0 Å². The van der Waals surface area contributed by atoms with Crippen LogP contribution in [0.1, 0.15) is 83.1 Å². The molecule has 10 heteroatoms. The van der Waals surface area contributed by atoms with Crippen LogP contribution in [0.3, 0.4) is 0 Å². The largest absolute Gasteiger partial charge is 3.00 e. The second-order valence-electron chi connectivity index (χ2n) is 11.9. The van der Waals surface area contributed by atoms with Gasteiger partial charge in [-0.05, 0) is 35.5 Å². The summed E-state index contributed by atoms with van der Waals surface area (Å²) in [5.74, 6) is 3.78. The molecule has 0 heterocycles. The molecule has 0 aliphatic heterocycles. The molecule has 0 spiro atoms. The molecule has 0 aromatic heterocycles. The summed E-state index contributed by atoms with van der Waals surface area (Å²) in [6.45, 7) is 32.1. The van der Waals surface area contributed by atoms with Crippen molar-refractivity contribution in [3.63, 3.8) is 0 Å². The van der Waals surface area contributed by atoms with Crippen molar-refractivity contribution in [3.8, 4) is 0 Å². The number of rotatable bonds is 12. The van der Waals surface area contributed by atoms with Gasteiger partial charge < -0.3 is 89.2 Å². The molecular weight excluding hydrogens is 615 g/mol. The Morgan fingerprint density at radius 1 is 0.405 bits per heavy atom. The maximum atomic E-state index is 4.99. The first-order chi connectivity index (χ1) is 16.3. The zero-order chi connectivity index (χ0) is 29.2. The zero-order valence-corrected chi connectivity index (χ0v) is 31.4. The smallest absolute Gasteiger partial charge is 0.411 e. The molecule has 0 N–H and O–H groups in total. The van der Waals surface area contributed by atoms with Crippen molar-refractivity contribution in [2.45, 2.75) is 83.1 Å². The third-order valence-corrected chi connectivity index (χ3v) is 5.84. The van der Waals surface area contributed by atoms with E-state index in [0.717, 1.165) is 39.3 Å². The third-order valence-electron chi connectivity index (χ3n) is 4.29. The molecule has 0 saturated heterocycles. The number of hydrogen-bond donors (Lipinski definition) is 0. The van der Waals surface area contributed by atoms with Crippen molar-refractivity contribution >= 4 is 87.5 Å². The van der Waals surface area contributed by atoms with Crippen LogP contribution in [-0.4, -0.2) is 66.9 Å². The number of thiocarbonyl (C=S) groups is 3. The molecule has 0 aromatic carbocycles. The Labute approximate surface area is 275 Å². The van der Waals surface area contributed by atoms with E-state index >= 15 is 0 Å². The molecule has 0 aliphatic carbocycles. The molecule has 0 amide bonds. The normalized spacial score (nSPS) is 10.5. The van der Waals surface area contributed by atoms with Gasteiger partial charge in [0.2, 0.25) is 0 Å².